The Morgan fingerprint density at radius 1 is 0.435 bits per heavy atom. The minimum Gasteiger partial charge on any atom is -0.456 e. The standard InChI is InChI=1S/C63H44N4O2/c1-5-13-39(14-6-1)43-23-29-55-51(33-43)52-34-44(40-15-7-2-8-16-40)24-30-56(52)67(55)48-26-32-58-54(38-48)50-27-21-46(36-59(50)69-58)45-25-31-57-53(35-45)49-28-22-47(37-60(49)68-57)63-65-61(41-17-9-3-10-18-41)64-62(66-63)42-19-11-4-12-20-42/h1-15,17-38,40,61,63,65H,16H2,(H,64,66). The second kappa shape index (κ2) is 16.0. The lowest BCUT2D eigenvalue weighted by atomic mass is 9.91. The first-order valence-corrected chi connectivity index (χ1v) is 23.8. The fraction of sp³-hybridized carbons (Fsp3) is 0.0635. The molecule has 2 N–H and O–H groups in total. The van der Waals surface area contributed by atoms with Gasteiger partial charge in [0.2, 0.25) is 0 Å². The molecule has 3 unspecified atom stereocenters. The molecule has 0 spiro atoms. The first kappa shape index (κ1) is 39.5. The van der Waals surface area contributed by atoms with Crippen molar-refractivity contribution in [3.63, 3.8) is 0 Å². The Morgan fingerprint density at radius 2 is 1.04 bits per heavy atom. The quantitative estimate of drug-likeness (QED) is 0.167. The summed E-state index contributed by atoms with van der Waals surface area (Å²) >= 11 is 0. The van der Waals surface area contributed by atoms with Gasteiger partial charge in [0, 0.05) is 49.5 Å². The van der Waals surface area contributed by atoms with Gasteiger partial charge in [-0.2, -0.15) is 0 Å². The summed E-state index contributed by atoms with van der Waals surface area (Å²) in [6.45, 7) is 0. The number of hydrogen-bond acceptors (Lipinski definition) is 5. The molecule has 1 aliphatic carbocycles. The van der Waals surface area contributed by atoms with Crippen LogP contribution in [0.15, 0.2) is 238 Å². The van der Waals surface area contributed by atoms with Crippen molar-refractivity contribution in [2.75, 3.05) is 0 Å². The highest BCUT2D eigenvalue weighted by atomic mass is 16.3. The average Bonchev–Trinajstić information content (AvgIpc) is 4.09. The number of rotatable bonds is 7. The van der Waals surface area contributed by atoms with Crippen LogP contribution in [0.4, 0.5) is 0 Å². The molecule has 0 amide bonds. The minimum absolute atomic E-state index is 0.187. The van der Waals surface area contributed by atoms with E-state index in [0.29, 0.717) is 5.92 Å². The second-order valence-electron chi connectivity index (χ2n) is 18.3. The van der Waals surface area contributed by atoms with E-state index in [0.717, 1.165) is 89.6 Å². The molecular formula is C63H44N4O2. The summed E-state index contributed by atoms with van der Waals surface area (Å²) in [4.78, 5) is 5.08. The summed E-state index contributed by atoms with van der Waals surface area (Å²) in [5.74, 6) is 1.22. The van der Waals surface area contributed by atoms with Crippen LogP contribution in [0, 0.1) is 0 Å². The monoisotopic (exact) mass is 888 g/mol. The molecule has 3 aromatic heterocycles. The van der Waals surface area contributed by atoms with Gasteiger partial charge in [-0.3, -0.25) is 5.32 Å². The van der Waals surface area contributed by atoms with Crippen LogP contribution in [0.5, 0.6) is 0 Å². The first-order chi connectivity index (χ1) is 34.1. The van der Waals surface area contributed by atoms with Crippen LogP contribution in [-0.4, -0.2) is 10.4 Å². The molecule has 69 heavy (non-hydrogen) atoms. The van der Waals surface area contributed by atoms with Gasteiger partial charge < -0.3 is 18.7 Å². The van der Waals surface area contributed by atoms with E-state index in [1.165, 1.54) is 38.5 Å². The fourth-order valence-corrected chi connectivity index (χ4v) is 10.7. The topological polar surface area (TPSA) is 67.6 Å². The average molecular weight is 889 g/mol. The number of aromatic nitrogens is 1. The number of aliphatic imine (C=N–C) groups is 1. The van der Waals surface area contributed by atoms with Crippen LogP contribution in [0.25, 0.3) is 93.6 Å². The Hall–Kier alpha value is -8.71. The Balaban J connectivity index is 0.807. The van der Waals surface area contributed by atoms with Crippen LogP contribution >= 0.6 is 0 Å². The first-order valence-electron chi connectivity index (χ1n) is 23.8. The number of nitrogens with zero attached hydrogens (tertiary/aromatic N) is 2. The lowest BCUT2D eigenvalue weighted by molar-refractivity contribution is 0.409. The molecule has 0 radical (unpaired) electrons. The predicted molar refractivity (Wildman–Crippen MR) is 283 cm³/mol. The molecule has 4 heterocycles. The van der Waals surface area contributed by atoms with Gasteiger partial charge in [-0.05, 0) is 118 Å². The smallest absolute Gasteiger partial charge is 0.136 e. The summed E-state index contributed by atoms with van der Waals surface area (Å²) in [6.07, 6.45) is 9.51. The number of amidine groups is 1. The maximum atomic E-state index is 6.63. The lowest BCUT2D eigenvalue weighted by Gasteiger charge is -2.32. The molecular weight excluding hydrogens is 845 g/mol. The van der Waals surface area contributed by atoms with Crippen molar-refractivity contribution in [1.29, 1.82) is 0 Å². The summed E-state index contributed by atoms with van der Waals surface area (Å²) < 4.78 is 15.6. The molecule has 0 saturated carbocycles. The van der Waals surface area contributed by atoms with Crippen molar-refractivity contribution in [2.45, 2.75) is 24.7 Å². The Kier molecular flexibility index (Phi) is 9.14. The van der Waals surface area contributed by atoms with Gasteiger partial charge in [-0.25, -0.2) is 4.99 Å². The molecule has 3 atom stereocenters. The molecule has 1 aliphatic heterocycles. The van der Waals surface area contributed by atoms with Gasteiger partial charge in [0.25, 0.3) is 0 Å². The second-order valence-corrected chi connectivity index (χ2v) is 18.3. The maximum Gasteiger partial charge on any atom is 0.136 e. The summed E-state index contributed by atoms with van der Waals surface area (Å²) in [5, 5.41) is 14.2. The Morgan fingerprint density at radius 3 is 1.83 bits per heavy atom. The Labute approximate surface area is 398 Å². The highest BCUT2D eigenvalue weighted by Gasteiger charge is 2.26. The SMILES string of the molecule is C1=CCC(c2ccc3c(c2)c2cc(-c4ccccc4)ccc2n3-c2ccc3oc4cc(-c5ccc6oc7cc(C8NC(c9ccccc9)=NC(c9ccccc9)N8)ccc7c6c5)ccc4c3c2)C=C1. The van der Waals surface area contributed by atoms with Gasteiger partial charge in [-0.1, -0.05) is 152 Å². The van der Waals surface area contributed by atoms with E-state index >= 15 is 0 Å². The Bertz CT molecular complexity index is 4060. The maximum absolute atomic E-state index is 6.63. The van der Waals surface area contributed by atoms with E-state index in [1.807, 2.05) is 24.3 Å². The van der Waals surface area contributed by atoms with Crippen molar-refractivity contribution in [2.24, 2.45) is 4.99 Å². The number of allylic oxidation sites excluding steroid dienone is 4. The third-order valence-electron chi connectivity index (χ3n) is 14.2. The summed E-state index contributed by atoms with van der Waals surface area (Å²) in [7, 11) is 0. The van der Waals surface area contributed by atoms with Gasteiger partial charge in [0.05, 0.1) is 11.0 Å². The van der Waals surface area contributed by atoms with Crippen LogP contribution in [0.3, 0.4) is 0 Å². The van der Waals surface area contributed by atoms with Crippen molar-refractivity contribution >= 4 is 71.5 Å². The predicted octanol–water partition coefficient (Wildman–Crippen LogP) is 15.9. The molecule has 9 aromatic carbocycles. The molecule has 0 fully saturated rings. The zero-order chi connectivity index (χ0) is 45.4. The molecule has 0 bridgehead atoms. The van der Waals surface area contributed by atoms with Gasteiger partial charge in [-0.15, -0.1) is 0 Å². The highest BCUT2D eigenvalue weighted by Crippen LogP contribution is 2.41. The molecule has 328 valence electrons. The number of furan rings is 2. The van der Waals surface area contributed by atoms with E-state index in [-0.39, 0.29) is 12.3 Å². The van der Waals surface area contributed by atoms with Crippen molar-refractivity contribution in [3.8, 4) is 27.9 Å². The normalized spacial score (nSPS) is 17.1. The highest BCUT2D eigenvalue weighted by molar-refractivity contribution is 6.12. The lowest BCUT2D eigenvalue weighted by Crippen LogP contribution is -2.44. The van der Waals surface area contributed by atoms with Crippen molar-refractivity contribution in [3.05, 3.63) is 247 Å². The van der Waals surface area contributed by atoms with Gasteiger partial charge >= 0.3 is 0 Å². The number of hydrogen-bond donors (Lipinski definition) is 2. The zero-order valence-electron chi connectivity index (χ0n) is 37.5. The van der Waals surface area contributed by atoms with Crippen LogP contribution in [0.2, 0.25) is 0 Å². The molecule has 6 nitrogen and oxygen atoms in total. The number of fused-ring (bicyclic) bond motifs is 9. The van der Waals surface area contributed by atoms with E-state index in [4.69, 9.17) is 13.8 Å². The number of nitrogens with one attached hydrogen (secondary N) is 2. The minimum atomic E-state index is -0.210. The molecule has 0 saturated heterocycles. The van der Waals surface area contributed by atoms with E-state index in [1.54, 1.807) is 0 Å². The molecule has 2 aliphatic rings. The van der Waals surface area contributed by atoms with Gasteiger partial charge in [0.15, 0.2) is 0 Å². The van der Waals surface area contributed by atoms with Crippen LogP contribution in [0.1, 0.15) is 46.9 Å². The molecule has 6 heteroatoms. The van der Waals surface area contributed by atoms with Crippen LogP contribution in [-0.2, 0) is 0 Å². The van der Waals surface area contributed by atoms with Gasteiger partial charge in [0.1, 0.15) is 40.5 Å². The van der Waals surface area contributed by atoms with E-state index in [2.05, 4.69) is 215 Å². The van der Waals surface area contributed by atoms with E-state index in [9.17, 15) is 0 Å². The van der Waals surface area contributed by atoms with Crippen molar-refractivity contribution in [1.82, 2.24) is 15.2 Å². The number of benzene rings is 9. The third kappa shape index (κ3) is 6.79. The molecule has 14 rings (SSSR count). The molecule has 12 aromatic rings. The fourth-order valence-electron chi connectivity index (χ4n) is 10.7. The third-order valence-corrected chi connectivity index (χ3v) is 14.2. The summed E-state index contributed by atoms with van der Waals surface area (Å²) in [5.41, 5.74) is 16.1. The summed E-state index contributed by atoms with van der Waals surface area (Å²) in [6, 6.07) is 71.5. The van der Waals surface area contributed by atoms with E-state index < -0.39 is 0 Å². The largest absolute Gasteiger partial charge is 0.456 e. The van der Waals surface area contributed by atoms with Crippen LogP contribution < -0.4 is 10.6 Å². The van der Waals surface area contributed by atoms with Crippen molar-refractivity contribution < 1.29 is 8.83 Å². The zero-order valence-corrected chi connectivity index (χ0v) is 37.5.